The first kappa shape index (κ1) is 22.8. The molecular weight excluding hydrogens is 461 g/mol. The Hall–Kier alpha value is -3.40. The van der Waals surface area contributed by atoms with Crippen LogP contribution in [0.1, 0.15) is 26.4 Å². The molecule has 0 fully saturated rings. The number of rotatable bonds is 8. The third kappa shape index (κ3) is 5.16. The third-order valence-corrected chi connectivity index (χ3v) is 7.34. The van der Waals surface area contributed by atoms with Crippen LogP contribution in [0.5, 0.6) is 0 Å². The van der Waals surface area contributed by atoms with Gasteiger partial charge < -0.3 is 5.32 Å². The molecule has 4 rings (SSSR count). The fourth-order valence-corrected chi connectivity index (χ4v) is 5.04. The van der Waals surface area contributed by atoms with Gasteiger partial charge in [-0.3, -0.25) is 4.79 Å². The second-order valence-electron chi connectivity index (χ2n) is 7.26. The first-order valence-corrected chi connectivity index (χ1v) is 12.3. The number of carbonyl (C=O) groups is 1. The number of benzene rings is 3. The van der Waals surface area contributed by atoms with Gasteiger partial charge in [-0.05, 0) is 46.8 Å². The Morgan fingerprint density at radius 2 is 1.76 bits per heavy atom. The van der Waals surface area contributed by atoms with Crippen molar-refractivity contribution in [1.82, 2.24) is 9.51 Å². The number of hydrogen-bond donors (Lipinski definition) is 1. The number of aromatic nitrogens is 1. The summed E-state index contributed by atoms with van der Waals surface area (Å²) in [6.07, 6.45) is 1.52. The summed E-state index contributed by atoms with van der Waals surface area (Å²) in [6.45, 7) is 1.44. The van der Waals surface area contributed by atoms with Crippen LogP contribution >= 0.6 is 11.3 Å². The minimum Gasteiger partial charge on any atom is -0.332 e. The van der Waals surface area contributed by atoms with E-state index in [2.05, 4.69) is 10.3 Å². The Labute approximate surface area is 195 Å². The topological polar surface area (TPSA) is 79.4 Å². The highest BCUT2D eigenvalue weighted by molar-refractivity contribution is 7.89. The summed E-state index contributed by atoms with van der Waals surface area (Å²) in [5.41, 5.74) is 2.56. The van der Waals surface area contributed by atoms with Gasteiger partial charge in [-0.2, -0.15) is 0 Å². The van der Waals surface area contributed by atoms with Crippen molar-refractivity contribution >= 4 is 38.0 Å². The molecule has 0 aliphatic heterocycles. The van der Waals surface area contributed by atoms with E-state index < -0.39 is 16.6 Å². The normalized spacial score (nSPS) is 11.5. The Balaban J connectivity index is 1.47. The summed E-state index contributed by atoms with van der Waals surface area (Å²) < 4.78 is 39.2. The number of sulfonamides is 1. The smallest absolute Gasteiger partial charge is 0.269 e. The van der Waals surface area contributed by atoms with Crippen LogP contribution in [0.4, 0.5) is 15.3 Å². The summed E-state index contributed by atoms with van der Waals surface area (Å²) in [7, 11) is -4.25. The van der Waals surface area contributed by atoms with Crippen LogP contribution in [0.15, 0.2) is 90.0 Å². The molecule has 1 N–H and O–H groups in total. The highest BCUT2D eigenvalue weighted by atomic mass is 32.2. The maximum absolute atomic E-state index is 14.6. The van der Waals surface area contributed by atoms with E-state index in [4.69, 9.17) is 0 Å². The molecule has 0 bridgehead atoms. The molecule has 4 aromatic rings. The molecule has 9 heteroatoms. The molecule has 0 unspecified atom stereocenters. The van der Waals surface area contributed by atoms with Gasteiger partial charge in [-0.1, -0.05) is 65.9 Å². The number of ketones is 1. The van der Waals surface area contributed by atoms with Gasteiger partial charge in [0.1, 0.15) is 0 Å². The van der Waals surface area contributed by atoms with Crippen molar-refractivity contribution in [2.75, 3.05) is 5.32 Å². The van der Waals surface area contributed by atoms with Crippen LogP contribution in [0.3, 0.4) is 0 Å². The molecule has 0 aliphatic carbocycles. The van der Waals surface area contributed by atoms with Gasteiger partial charge in [0, 0.05) is 11.3 Å². The van der Waals surface area contributed by atoms with Crippen molar-refractivity contribution in [3.05, 3.63) is 107 Å². The molecule has 33 heavy (non-hydrogen) atoms. The van der Waals surface area contributed by atoms with Gasteiger partial charge in [0.2, 0.25) is 5.78 Å². The lowest BCUT2D eigenvalue weighted by molar-refractivity contribution is 0.104. The van der Waals surface area contributed by atoms with Gasteiger partial charge in [0.25, 0.3) is 10.0 Å². The first-order chi connectivity index (χ1) is 15.8. The van der Waals surface area contributed by atoms with Crippen LogP contribution in [0.25, 0.3) is 0 Å². The molecule has 168 valence electrons. The molecule has 0 atom stereocenters. The van der Waals surface area contributed by atoms with Crippen molar-refractivity contribution in [2.45, 2.75) is 18.4 Å². The number of nitrogens with one attached hydrogen (secondary N) is 1. The zero-order valence-electron chi connectivity index (χ0n) is 17.6. The summed E-state index contributed by atoms with van der Waals surface area (Å²) in [5.74, 6) is -0.105. The molecule has 0 aliphatic rings. The molecule has 0 amide bonds. The summed E-state index contributed by atoms with van der Waals surface area (Å²) in [5, 5.41) is 3.59. The number of thiazole rings is 1. The second kappa shape index (κ2) is 9.62. The molecule has 0 saturated heterocycles. The lowest BCUT2D eigenvalue weighted by Gasteiger charge is -2.13. The first-order valence-electron chi connectivity index (χ1n) is 10.0. The molecule has 0 spiro atoms. The monoisotopic (exact) mass is 481 g/mol. The lowest BCUT2D eigenvalue weighted by Crippen LogP contribution is -2.22. The van der Waals surface area contributed by atoms with E-state index in [1.165, 1.54) is 41.8 Å². The fourth-order valence-electron chi connectivity index (χ4n) is 3.20. The van der Waals surface area contributed by atoms with Gasteiger partial charge in [-0.15, -0.1) is 4.48 Å². The van der Waals surface area contributed by atoms with E-state index in [9.17, 15) is 17.7 Å². The predicted octanol–water partition coefficient (Wildman–Crippen LogP) is 5.50. The molecule has 1 aromatic heterocycles. The van der Waals surface area contributed by atoms with E-state index in [1.54, 1.807) is 36.4 Å². The van der Waals surface area contributed by atoms with Crippen LogP contribution in [0.2, 0.25) is 0 Å². The molecule has 3 aromatic carbocycles. The minimum absolute atomic E-state index is 0.105. The van der Waals surface area contributed by atoms with E-state index in [0.717, 1.165) is 5.56 Å². The molecule has 0 radical (unpaired) electrons. The maximum atomic E-state index is 14.6. The largest absolute Gasteiger partial charge is 0.332 e. The van der Waals surface area contributed by atoms with Crippen molar-refractivity contribution in [2.24, 2.45) is 0 Å². The maximum Gasteiger partial charge on any atom is 0.269 e. The van der Waals surface area contributed by atoms with Gasteiger partial charge in [0.05, 0.1) is 22.5 Å². The van der Waals surface area contributed by atoms with E-state index in [-0.39, 0.29) is 15.2 Å². The van der Waals surface area contributed by atoms with Crippen LogP contribution in [0, 0.1) is 6.92 Å². The number of anilines is 2. The van der Waals surface area contributed by atoms with Gasteiger partial charge in [0.15, 0.2) is 5.13 Å². The van der Waals surface area contributed by atoms with Crippen LogP contribution in [-0.4, -0.2) is 23.7 Å². The number of halogens is 1. The lowest BCUT2D eigenvalue weighted by atomic mass is 10.0. The zero-order chi connectivity index (χ0) is 23.4. The summed E-state index contributed by atoms with van der Waals surface area (Å²) in [4.78, 5) is 17.4. The standard InChI is InChI=1S/C24H20FN3O3S2/c1-17-8-5-6-13-21(17)23(29)22-15-26-24(32-22)27-19-10-7-9-18(14-19)16-28(25)33(30,31)20-11-3-2-4-12-20/h2-15H,16H2,1H3,(H,26,27). The average molecular weight is 482 g/mol. The van der Waals surface area contributed by atoms with Crippen molar-refractivity contribution < 1.29 is 17.7 Å². The summed E-state index contributed by atoms with van der Waals surface area (Å²) >= 11 is 1.21. The second-order valence-corrected chi connectivity index (χ2v) is 10.1. The van der Waals surface area contributed by atoms with E-state index in [0.29, 0.717) is 26.8 Å². The number of carbonyl (C=O) groups excluding carboxylic acids is 1. The molecule has 1 heterocycles. The quantitative estimate of drug-likeness (QED) is 0.265. The third-order valence-electron chi connectivity index (χ3n) is 4.91. The summed E-state index contributed by atoms with van der Waals surface area (Å²) in [6, 6.07) is 21.5. The average Bonchev–Trinajstić information content (AvgIpc) is 3.28. The Kier molecular flexibility index (Phi) is 6.64. The minimum atomic E-state index is -4.25. The predicted molar refractivity (Wildman–Crippen MR) is 127 cm³/mol. The SMILES string of the molecule is Cc1ccccc1C(=O)c1cnc(Nc2cccc(CN(F)S(=O)(=O)c3ccccc3)c2)s1. The highest BCUT2D eigenvalue weighted by Gasteiger charge is 2.24. The van der Waals surface area contributed by atoms with Crippen molar-refractivity contribution in [1.29, 1.82) is 0 Å². The van der Waals surface area contributed by atoms with Crippen molar-refractivity contribution in [3.8, 4) is 0 Å². The van der Waals surface area contributed by atoms with Crippen LogP contribution < -0.4 is 5.32 Å². The van der Waals surface area contributed by atoms with Crippen LogP contribution in [-0.2, 0) is 16.6 Å². The zero-order valence-corrected chi connectivity index (χ0v) is 19.2. The Bertz CT molecular complexity index is 1390. The number of aryl methyl sites for hydroxylation is 1. The highest BCUT2D eigenvalue weighted by Crippen LogP contribution is 2.26. The van der Waals surface area contributed by atoms with E-state index >= 15 is 0 Å². The number of nitrogens with zero attached hydrogens (tertiary/aromatic N) is 2. The molecule has 0 saturated carbocycles. The van der Waals surface area contributed by atoms with Crippen molar-refractivity contribution in [3.63, 3.8) is 0 Å². The van der Waals surface area contributed by atoms with Gasteiger partial charge >= 0.3 is 0 Å². The Morgan fingerprint density at radius 1 is 1.03 bits per heavy atom. The van der Waals surface area contributed by atoms with E-state index in [1.807, 2.05) is 25.1 Å². The fraction of sp³-hybridized carbons (Fsp3) is 0.0833. The Morgan fingerprint density at radius 3 is 2.52 bits per heavy atom. The molecule has 6 nitrogen and oxygen atoms in total. The van der Waals surface area contributed by atoms with Gasteiger partial charge in [-0.25, -0.2) is 13.4 Å². The molecular formula is C24H20FN3O3S2. The number of hydrogen-bond acceptors (Lipinski definition) is 6.